The van der Waals surface area contributed by atoms with E-state index in [4.69, 9.17) is 9.73 Å². The van der Waals surface area contributed by atoms with E-state index in [0.29, 0.717) is 19.3 Å². The van der Waals surface area contributed by atoms with Crippen LogP contribution >= 0.6 is 0 Å². The van der Waals surface area contributed by atoms with Crippen molar-refractivity contribution >= 4 is 12.0 Å². The zero-order valence-corrected chi connectivity index (χ0v) is 18.2. The number of guanidine groups is 1. The molecule has 160 valence electrons. The summed E-state index contributed by atoms with van der Waals surface area (Å²) in [6, 6.07) is 0.613. The van der Waals surface area contributed by atoms with E-state index in [2.05, 4.69) is 31.0 Å². The highest BCUT2D eigenvalue weighted by molar-refractivity contribution is 5.97. The van der Waals surface area contributed by atoms with Crippen molar-refractivity contribution in [3.63, 3.8) is 0 Å². The molecule has 1 saturated heterocycles. The monoisotopic (exact) mass is 392 g/mol. The summed E-state index contributed by atoms with van der Waals surface area (Å²) >= 11 is 0. The molecule has 3 rings (SSSR count). The SMILES string of the molecule is CC(C)(C)NC(=O)N(C(=NC1CCCCC1)N1CCOCC1)C1CCCCC1. The Labute approximate surface area is 171 Å². The summed E-state index contributed by atoms with van der Waals surface area (Å²) in [6.45, 7) is 9.21. The van der Waals surface area contributed by atoms with Gasteiger partial charge in [0.05, 0.1) is 19.3 Å². The Bertz CT molecular complexity index is 525. The highest BCUT2D eigenvalue weighted by atomic mass is 16.5. The Morgan fingerprint density at radius 2 is 1.54 bits per heavy atom. The number of hydrogen-bond acceptors (Lipinski definition) is 3. The lowest BCUT2D eigenvalue weighted by Gasteiger charge is -2.42. The number of morpholine rings is 1. The van der Waals surface area contributed by atoms with Gasteiger partial charge < -0.3 is 15.0 Å². The van der Waals surface area contributed by atoms with Gasteiger partial charge in [0.15, 0.2) is 0 Å². The lowest BCUT2D eigenvalue weighted by Crippen LogP contribution is -2.60. The molecular formula is C22H40N4O2. The molecule has 2 aliphatic carbocycles. The normalized spacial score (nSPS) is 23.5. The van der Waals surface area contributed by atoms with Gasteiger partial charge in [-0.25, -0.2) is 9.79 Å². The topological polar surface area (TPSA) is 57.2 Å². The molecule has 6 nitrogen and oxygen atoms in total. The van der Waals surface area contributed by atoms with Crippen LogP contribution in [0.5, 0.6) is 0 Å². The van der Waals surface area contributed by atoms with Crippen LogP contribution in [0.3, 0.4) is 0 Å². The van der Waals surface area contributed by atoms with Crippen molar-refractivity contribution < 1.29 is 9.53 Å². The van der Waals surface area contributed by atoms with E-state index in [0.717, 1.165) is 44.7 Å². The van der Waals surface area contributed by atoms with Crippen molar-refractivity contribution in [1.82, 2.24) is 15.1 Å². The fraction of sp³-hybridized carbons (Fsp3) is 0.909. The number of amides is 2. The quantitative estimate of drug-likeness (QED) is 0.567. The number of rotatable bonds is 2. The van der Waals surface area contributed by atoms with E-state index < -0.39 is 0 Å². The highest BCUT2D eigenvalue weighted by Gasteiger charge is 2.35. The third-order valence-corrected chi connectivity index (χ3v) is 6.02. The maximum Gasteiger partial charge on any atom is 0.324 e. The number of hydrogen-bond donors (Lipinski definition) is 1. The highest BCUT2D eigenvalue weighted by Crippen LogP contribution is 2.27. The molecule has 28 heavy (non-hydrogen) atoms. The van der Waals surface area contributed by atoms with Crippen LogP contribution in [0.2, 0.25) is 0 Å². The average molecular weight is 393 g/mol. The summed E-state index contributed by atoms with van der Waals surface area (Å²) in [7, 11) is 0. The second-order valence-electron chi connectivity index (χ2n) is 9.66. The van der Waals surface area contributed by atoms with E-state index in [1.807, 2.05) is 4.90 Å². The zero-order valence-electron chi connectivity index (χ0n) is 18.2. The van der Waals surface area contributed by atoms with E-state index in [-0.39, 0.29) is 17.6 Å². The summed E-state index contributed by atoms with van der Waals surface area (Å²) in [5.41, 5.74) is -0.259. The molecule has 3 aliphatic rings. The van der Waals surface area contributed by atoms with Gasteiger partial charge >= 0.3 is 6.03 Å². The van der Waals surface area contributed by atoms with Gasteiger partial charge in [-0.3, -0.25) is 4.90 Å². The van der Waals surface area contributed by atoms with E-state index in [9.17, 15) is 4.79 Å². The van der Waals surface area contributed by atoms with Crippen LogP contribution in [0.1, 0.15) is 85.0 Å². The van der Waals surface area contributed by atoms with Gasteiger partial charge in [-0.15, -0.1) is 0 Å². The number of urea groups is 1. The maximum absolute atomic E-state index is 13.5. The van der Waals surface area contributed by atoms with Crippen molar-refractivity contribution in [1.29, 1.82) is 0 Å². The predicted molar refractivity (Wildman–Crippen MR) is 114 cm³/mol. The minimum Gasteiger partial charge on any atom is -0.378 e. The first-order valence-electron chi connectivity index (χ1n) is 11.5. The van der Waals surface area contributed by atoms with Crippen LogP contribution in [-0.4, -0.2) is 65.7 Å². The van der Waals surface area contributed by atoms with Gasteiger partial charge in [-0.05, 0) is 46.5 Å². The predicted octanol–water partition coefficient (Wildman–Crippen LogP) is 4.15. The molecule has 2 saturated carbocycles. The molecule has 6 heteroatoms. The minimum atomic E-state index is -0.259. The molecule has 0 spiro atoms. The van der Waals surface area contributed by atoms with Crippen molar-refractivity contribution in [2.45, 2.75) is 103 Å². The van der Waals surface area contributed by atoms with Gasteiger partial charge in [0, 0.05) is 24.7 Å². The lowest BCUT2D eigenvalue weighted by atomic mass is 9.94. The largest absolute Gasteiger partial charge is 0.378 e. The molecule has 1 N–H and O–H groups in total. The van der Waals surface area contributed by atoms with E-state index >= 15 is 0 Å². The molecule has 0 aromatic rings. The summed E-state index contributed by atoms with van der Waals surface area (Å²) in [6.07, 6.45) is 11.9. The number of carbonyl (C=O) groups excluding carboxylic acids is 1. The zero-order chi connectivity index (χ0) is 20.0. The number of aliphatic imine (C=N–C) groups is 1. The number of carbonyl (C=O) groups is 1. The molecule has 0 bridgehead atoms. The molecule has 3 fully saturated rings. The Morgan fingerprint density at radius 1 is 0.964 bits per heavy atom. The molecule has 0 atom stereocenters. The van der Waals surface area contributed by atoms with E-state index in [1.165, 1.54) is 38.5 Å². The summed E-state index contributed by atoms with van der Waals surface area (Å²) < 4.78 is 5.59. The molecule has 1 heterocycles. The van der Waals surface area contributed by atoms with Crippen LogP contribution < -0.4 is 5.32 Å². The first-order valence-corrected chi connectivity index (χ1v) is 11.5. The molecule has 0 unspecified atom stereocenters. The summed E-state index contributed by atoms with van der Waals surface area (Å²) in [5.74, 6) is 0.906. The van der Waals surface area contributed by atoms with Gasteiger partial charge in [-0.2, -0.15) is 0 Å². The van der Waals surface area contributed by atoms with Crippen LogP contribution in [0.25, 0.3) is 0 Å². The lowest BCUT2D eigenvalue weighted by molar-refractivity contribution is 0.0603. The number of nitrogens with one attached hydrogen (secondary N) is 1. The molecule has 0 aromatic heterocycles. The molecule has 0 aromatic carbocycles. The Balaban J connectivity index is 1.90. The van der Waals surface area contributed by atoms with Gasteiger partial charge in [0.25, 0.3) is 0 Å². The minimum absolute atomic E-state index is 0.0143. The first-order chi connectivity index (χ1) is 13.4. The summed E-state index contributed by atoms with van der Waals surface area (Å²) in [5, 5.41) is 3.22. The number of nitrogens with zero attached hydrogens (tertiary/aromatic N) is 3. The van der Waals surface area contributed by atoms with Crippen molar-refractivity contribution in [2.75, 3.05) is 26.3 Å². The molecule has 2 amide bonds. The second kappa shape index (κ2) is 9.95. The van der Waals surface area contributed by atoms with Crippen molar-refractivity contribution in [3.8, 4) is 0 Å². The number of ether oxygens (including phenoxy) is 1. The first kappa shape index (κ1) is 21.4. The van der Waals surface area contributed by atoms with Crippen LogP contribution in [0.4, 0.5) is 4.79 Å². The summed E-state index contributed by atoms with van der Waals surface area (Å²) in [4.78, 5) is 23.0. The fourth-order valence-electron chi connectivity index (χ4n) is 4.57. The standard InChI is InChI=1S/C22H40N4O2/c1-22(2,3)24-21(27)26(19-12-8-5-9-13-19)20(25-14-16-28-17-15-25)23-18-10-6-4-7-11-18/h18-19H,4-17H2,1-3H3,(H,24,27). The third kappa shape index (κ3) is 6.10. The molecular weight excluding hydrogens is 352 g/mol. The van der Waals surface area contributed by atoms with Crippen LogP contribution in [-0.2, 0) is 4.74 Å². The molecule has 0 radical (unpaired) electrons. The van der Waals surface area contributed by atoms with Crippen LogP contribution in [0.15, 0.2) is 4.99 Å². The Kier molecular flexibility index (Phi) is 7.61. The van der Waals surface area contributed by atoms with Crippen molar-refractivity contribution in [3.05, 3.63) is 0 Å². The average Bonchev–Trinajstić information content (AvgIpc) is 2.68. The smallest absolute Gasteiger partial charge is 0.324 e. The van der Waals surface area contributed by atoms with Crippen molar-refractivity contribution in [2.24, 2.45) is 4.99 Å². The third-order valence-electron chi connectivity index (χ3n) is 6.02. The maximum atomic E-state index is 13.5. The van der Waals surface area contributed by atoms with Gasteiger partial charge in [0.2, 0.25) is 5.96 Å². The Morgan fingerprint density at radius 3 is 2.11 bits per heavy atom. The van der Waals surface area contributed by atoms with Gasteiger partial charge in [-0.1, -0.05) is 38.5 Å². The van der Waals surface area contributed by atoms with Gasteiger partial charge in [0.1, 0.15) is 0 Å². The Hall–Kier alpha value is -1.30. The molecule has 1 aliphatic heterocycles. The second-order valence-corrected chi connectivity index (χ2v) is 9.66. The van der Waals surface area contributed by atoms with E-state index in [1.54, 1.807) is 0 Å². The van der Waals surface area contributed by atoms with Crippen LogP contribution in [0, 0.1) is 0 Å². The fourth-order valence-corrected chi connectivity index (χ4v) is 4.57.